The Bertz CT molecular complexity index is 3140. The first-order chi connectivity index (χ1) is 43.6. The molecule has 0 saturated heterocycles. The van der Waals surface area contributed by atoms with Crippen LogP contribution in [0, 0.1) is 76.2 Å². The predicted octanol–water partition coefficient (Wildman–Crippen LogP) is 25.5. The van der Waals surface area contributed by atoms with E-state index in [4.69, 9.17) is 9.47 Å². The second-order valence-corrected chi connectivity index (χ2v) is 26.8. The summed E-state index contributed by atoms with van der Waals surface area (Å²) in [6.07, 6.45) is 11.4. The zero-order valence-electron chi connectivity index (χ0n) is 62.1. The quantitative estimate of drug-likeness (QED) is 0.107. The normalized spacial score (nSPS) is 10.1. The van der Waals surface area contributed by atoms with Gasteiger partial charge < -0.3 is 14.4 Å². The van der Waals surface area contributed by atoms with E-state index in [9.17, 15) is 0 Å². The number of unbranched alkanes of at least 4 members (excludes halogenated alkanes) is 4. The highest BCUT2D eigenvalue weighted by molar-refractivity contribution is 5.45. The van der Waals surface area contributed by atoms with E-state index in [1.165, 1.54) is 141 Å². The van der Waals surface area contributed by atoms with Crippen LogP contribution in [-0.2, 0) is 23.7 Å². The summed E-state index contributed by atoms with van der Waals surface area (Å²) in [4.78, 5) is 2.10. The van der Waals surface area contributed by atoms with Crippen molar-refractivity contribution >= 4 is 5.69 Å². The molecule has 0 aromatic heterocycles. The van der Waals surface area contributed by atoms with Gasteiger partial charge in [-0.25, -0.2) is 0 Å². The summed E-state index contributed by atoms with van der Waals surface area (Å²) < 4.78 is 10.5. The van der Waals surface area contributed by atoms with Gasteiger partial charge >= 0.3 is 0 Å². The van der Waals surface area contributed by atoms with E-state index in [-0.39, 0.29) is 10.8 Å². The van der Waals surface area contributed by atoms with Crippen molar-refractivity contribution in [3.8, 4) is 11.5 Å². The lowest BCUT2D eigenvalue weighted by Crippen LogP contribution is -2.16. The Labute approximate surface area is 565 Å². The average Bonchev–Trinajstić information content (AvgIpc) is 1.00. The molecule has 0 aliphatic carbocycles. The fourth-order valence-corrected chi connectivity index (χ4v) is 8.55. The zero-order chi connectivity index (χ0) is 68.9. The number of hydrogen-bond acceptors (Lipinski definition) is 3. The second-order valence-electron chi connectivity index (χ2n) is 26.8. The molecule has 0 radical (unpaired) electrons. The summed E-state index contributed by atoms with van der Waals surface area (Å²) in [6, 6.07) is 76.3. The molecule has 0 heterocycles. The number of hydrogen-bond donors (Lipinski definition) is 0. The van der Waals surface area contributed by atoms with Crippen molar-refractivity contribution in [3.05, 3.63) is 302 Å². The topological polar surface area (TPSA) is 21.7 Å². The molecule has 498 valence electrons. The molecule has 0 N–H and O–H groups in total. The van der Waals surface area contributed by atoms with Crippen LogP contribution in [0.3, 0.4) is 0 Å². The molecule has 9 rings (SSSR count). The van der Waals surface area contributed by atoms with Gasteiger partial charge in [-0.05, 0) is 182 Å². The first kappa shape index (κ1) is 82.4. The molecule has 0 amide bonds. The molecule has 0 atom stereocenters. The van der Waals surface area contributed by atoms with Gasteiger partial charge in [-0.1, -0.05) is 326 Å². The number of aryl methyl sites for hydroxylation is 13. The number of benzene rings is 9. The summed E-state index contributed by atoms with van der Waals surface area (Å²) in [5, 5.41) is 0. The monoisotopic (exact) mass is 1240 g/mol. The van der Waals surface area contributed by atoms with E-state index in [1.54, 1.807) is 7.11 Å². The van der Waals surface area contributed by atoms with E-state index in [2.05, 4.69) is 307 Å². The standard InChI is InChI=1S/C15H24.C12H18O.C12H18.C10H14.C9H13N.C8H10O.2C8H10.C7H8/c1-11-8-12(14(2,3)4)10-13(9-11)15(5,6)7;1-3-4-5-10-13-12-8-6-11(2)7-9-12;1-3-4-5-6-12-9-7-11(2)8-10-12;1-3-4-10-7-5-9(2)6-8-10;1-8-4-6-9(7-5-8)10(2)3;1-7-3-5-8(9-2)6-4-7;1-7-3-5-8(2)6-4-7;1-7-5-3-4-6-8(7)2;1-7-5-3-2-4-6-7/h8-10H,1-7H3;6-9H,3-5,10H2,1-2H3;7-10H,3-6H2,1-2H3;5-8H,3-4H2,1-2H3;4-7H,1-3H3;3-6H,1-2H3;2*3-6H,1-2H3;2-6H,1H3. The van der Waals surface area contributed by atoms with Gasteiger partial charge in [0.1, 0.15) is 11.5 Å². The molecule has 0 saturated carbocycles. The summed E-state index contributed by atoms with van der Waals surface area (Å²) in [5.74, 6) is 1.90. The third kappa shape index (κ3) is 41.0. The van der Waals surface area contributed by atoms with Crippen molar-refractivity contribution in [1.29, 1.82) is 0 Å². The van der Waals surface area contributed by atoms with Crippen LogP contribution in [0.1, 0.15) is 191 Å². The minimum absolute atomic E-state index is 0.242. The van der Waals surface area contributed by atoms with Gasteiger partial charge in [-0.15, -0.1) is 0 Å². The molecular weight excluding hydrogens is 1110 g/mol. The van der Waals surface area contributed by atoms with Crippen molar-refractivity contribution < 1.29 is 9.47 Å². The van der Waals surface area contributed by atoms with E-state index >= 15 is 0 Å². The zero-order valence-corrected chi connectivity index (χ0v) is 62.1. The van der Waals surface area contributed by atoms with Crippen molar-refractivity contribution in [2.45, 2.75) is 207 Å². The van der Waals surface area contributed by atoms with E-state index in [0.29, 0.717) is 0 Å². The molecule has 0 bridgehead atoms. The molecule has 3 nitrogen and oxygen atoms in total. The SMILES string of the molecule is CCCCCOc1ccc(C)cc1.CCCCCc1ccc(C)cc1.CCCc1ccc(C)cc1.COc1ccc(C)cc1.Cc1cc(C(C)(C)C)cc(C(C)(C)C)c1.Cc1ccc(C)cc1.Cc1ccc(N(C)C)cc1.Cc1ccccc1.Cc1ccccc1C. The van der Waals surface area contributed by atoms with Crippen LogP contribution in [0.5, 0.6) is 11.5 Å². The first-order valence-electron chi connectivity index (χ1n) is 33.9. The summed E-state index contributed by atoms with van der Waals surface area (Å²) in [6.45, 7) is 44.3. The highest BCUT2D eigenvalue weighted by Crippen LogP contribution is 2.30. The van der Waals surface area contributed by atoms with E-state index in [0.717, 1.165) is 24.5 Å². The van der Waals surface area contributed by atoms with Crippen molar-refractivity contribution in [3.63, 3.8) is 0 Å². The Hall–Kier alpha value is -7.62. The molecule has 9 aromatic carbocycles. The molecule has 0 fully saturated rings. The fourth-order valence-electron chi connectivity index (χ4n) is 8.55. The van der Waals surface area contributed by atoms with Gasteiger partial charge in [0.2, 0.25) is 0 Å². The van der Waals surface area contributed by atoms with Crippen molar-refractivity contribution in [2.75, 3.05) is 32.7 Å². The maximum atomic E-state index is 5.56. The number of anilines is 1. The van der Waals surface area contributed by atoms with Crippen molar-refractivity contribution in [1.82, 2.24) is 0 Å². The van der Waals surface area contributed by atoms with Crippen molar-refractivity contribution in [2.24, 2.45) is 0 Å². The summed E-state index contributed by atoms with van der Waals surface area (Å²) in [7, 11) is 5.76. The summed E-state index contributed by atoms with van der Waals surface area (Å²) >= 11 is 0. The highest BCUT2D eigenvalue weighted by atomic mass is 16.5. The molecule has 92 heavy (non-hydrogen) atoms. The maximum absolute atomic E-state index is 5.56. The Kier molecular flexibility index (Phi) is 42.4. The molecule has 0 unspecified atom stereocenters. The second kappa shape index (κ2) is 47.3. The van der Waals surface area contributed by atoms with Gasteiger partial charge in [-0.3, -0.25) is 0 Å². The average molecular weight is 1240 g/mol. The van der Waals surface area contributed by atoms with Crippen LogP contribution in [0.15, 0.2) is 218 Å². The van der Waals surface area contributed by atoms with Crippen LogP contribution < -0.4 is 14.4 Å². The van der Waals surface area contributed by atoms with Gasteiger partial charge in [0, 0.05) is 19.8 Å². The molecule has 3 heteroatoms. The third-order valence-electron chi connectivity index (χ3n) is 15.1. The molecule has 9 aromatic rings. The van der Waals surface area contributed by atoms with Gasteiger partial charge in [-0.2, -0.15) is 0 Å². The molecular formula is C89H125NO2. The lowest BCUT2D eigenvalue weighted by Gasteiger charge is -2.25. The van der Waals surface area contributed by atoms with Gasteiger partial charge in [0.15, 0.2) is 0 Å². The van der Waals surface area contributed by atoms with Crippen LogP contribution in [0.25, 0.3) is 0 Å². The Morgan fingerprint density at radius 2 is 0.641 bits per heavy atom. The minimum Gasteiger partial charge on any atom is -0.497 e. The number of nitrogens with zero attached hydrogens (tertiary/aromatic N) is 1. The molecule has 0 aliphatic heterocycles. The Balaban J connectivity index is 0.000000522. The number of rotatable bonds is 13. The third-order valence-corrected chi connectivity index (χ3v) is 15.1. The van der Waals surface area contributed by atoms with Gasteiger partial charge in [0.25, 0.3) is 0 Å². The largest absolute Gasteiger partial charge is 0.497 e. The Morgan fingerprint density at radius 3 is 0.967 bits per heavy atom. The van der Waals surface area contributed by atoms with Crippen LogP contribution in [0.2, 0.25) is 0 Å². The smallest absolute Gasteiger partial charge is 0.119 e. The number of ether oxygens (including phenoxy) is 2. The number of methoxy groups -OCH3 is 1. The maximum Gasteiger partial charge on any atom is 0.119 e. The fraction of sp³-hybridized carbons (Fsp3) is 0.393. The molecule has 0 aliphatic rings. The molecule has 0 spiro atoms. The lowest BCUT2D eigenvalue weighted by molar-refractivity contribution is 0.306. The minimum atomic E-state index is 0.242. The Morgan fingerprint density at radius 1 is 0.315 bits per heavy atom. The van der Waals surface area contributed by atoms with Crippen LogP contribution in [0.4, 0.5) is 5.69 Å². The van der Waals surface area contributed by atoms with Crippen LogP contribution in [-0.4, -0.2) is 27.8 Å². The van der Waals surface area contributed by atoms with Gasteiger partial charge in [0.05, 0.1) is 13.7 Å². The van der Waals surface area contributed by atoms with Crippen LogP contribution >= 0.6 is 0 Å². The first-order valence-corrected chi connectivity index (χ1v) is 33.9. The van der Waals surface area contributed by atoms with E-state index < -0.39 is 0 Å². The predicted molar refractivity (Wildman–Crippen MR) is 411 cm³/mol. The highest BCUT2D eigenvalue weighted by Gasteiger charge is 2.19. The summed E-state index contributed by atoms with van der Waals surface area (Å²) in [5.41, 5.74) is 22.2. The lowest BCUT2D eigenvalue weighted by atomic mass is 9.80. The van der Waals surface area contributed by atoms with E-state index in [1.807, 2.05) is 68.7 Å².